The Bertz CT molecular complexity index is 1370. The number of alkyl halides is 9. The summed E-state index contributed by atoms with van der Waals surface area (Å²) in [4.78, 5) is 18.8. The number of ether oxygens (including phenoxy) is 3. The molecule has 0 amide bonds. The highest BCUT2D eigenvalue weighted by Crippen LogP contribution is 2.34. The van der Waals surface area contributed by atoms with Crippen LogP contribution in [0.1, 0.15) is 0 Å². The van der Waals surface area contributed by atoms with Gasteiger partial charge in [0, 0.05) is 16.1 Å². The molecular weight excluding hydrogens is 670 g/mol. The van der Waals surface area contributed by atoms with Crippen LogP contribution in [0.5, 0.6) is 17.2 Å². The summed E-state index contributed by atoms with van der Waals surface area (Å²) in [6, 6.07) is 10.0. The molecule has 3 rings (SSSR count). The standard InChI is InChI=1S/2C7H3ClF3NO3.C7H4ClF3O/c8-4-1-2-6(15-7(9,10)11)5(3-4)12(13)14;8-5-2-1-4(15-7(9,10)11)3-6(5)12(13)14;8-5-1-3-6(4-2-5)12-7(9,10)11/h2*1-3H;1-4H. The molecule has 21 heteroatoms. The van der Waals surface area contributed by atoms with Crippen molar-refractivity contribution in [1.29, 1.82) is 0 Å². The molecule has 0 saturated heterocycles. The Morgan fingerprint density at radius 1 is 0.548 bits per heavy atom. The Kier molecular flexibility index (Phi) is 12.8. The van der Waals surface area contributed by atoms with Crippen molar-refractivity contribution in [2.24, 2.45) is 0 Å². The van der Waals surface area contributed by atoms with E-state index in [4.69, 9.17) is 34.8 Å². The van der Waals surface area contributed by atoms with E-state index in [1.54, 1.807) is 0 Å². The van der Waals surface area contributed by atoms with E-state index in [9.17, 15) is 59.7 Å². The van der Waals surface area contributed by atoms with E-state index in [0.29, 0.717) is 11.1 Å². The van der Waals surface area contributed by atoms with Gasteiger partial charge in [-0.1, -0.05) is 34.8 Å². The Balaban J connectivity index is 0.000000317. The first-order valence-corrected chi connectivity index (χ1v) is 11.1. The summed E-state index contributed by atoms with van der Waals surface area (Å²) in [5, 5.41) is 20.7. The minimum absolute atomic E-state index is 0.0452. The third-order valence-electron chi connectivity index (χ3n) is 3.74. The fraction of sp³-hybridized carbons (Fsp3) is 0.143. The molecule has 0 N–H and O–H groups in total. The van der Waals surface area contributed by atoms with E-state index in [1.165, 1.54) is 12.1 Å². The molecule has 0 atom stereocenters. The van der Waals surface area contributed by atoms with Crippen LogP contribution in [0.15, 0.2) is 60.7 Å². The van der Waals surface area contributed by atoms with Crippen LogP contribution in [0.4, 0.5) is 50.9 Å². The van der Waals surface area contributed by atoms with Gasteiger partial charge < -0.3 is 14.2 Å². The smallest absolute Gasteiger partial charge is 0.406 e. The summed E-state index contributed by atoms with van der Waals surface area (Å²) >= 11 is 16.2. The molecule has 0 unspecified atom stereocenters. The Morgan fingerprint density at radius 3 is 1.43 bits per heavy atom. The third kappa shape index (κ3) is 14.6. The third-order valence-corrected chi connectivity index (χ3v) is 4.55. The predicted octanol–water partition coefficient (Wildman–Crippen LogP) is 9.53. The molecular formula is C21H10Cl3F9N2O7. The molecule has 42 heavy (non-hydrogen) atoms. The highest BCUT2D eigenvalue weighted by atomic mass is 35.5. The molecule has 0 heterocycles. The molecule has 0 fully saturated rings. The van der Waals surface area contributed by atoms with Crippen molar-refractivity contribution in [2.75, 3.05) is 0 Å². The fourth-order valence-corrected chi connectivity index (χ4v) is 2.79. The molecule has 0 radical (unpaired) electrons. The van der Waals surface area contributed by atoms with Crippen LogP contribution in [0.25, 0.3) is 0 Å². The van der Waals surface area contributed by atoms with Gasteiger partial charge in [0.25, 0.3) is 5.69 Å². The second-order valence-corrected chi connectivity index (χ2v) is 8.12. The highest BCUT2D eigenvalue weighted by Gasteiger charge is 2.34. The molecule has 0 aromatic heterocycles. The fourth-order valence-electron chi connectivity index (χ4n) is 2.31. The quantitative estimate of drug-likeness (QED) is 0.150. The van der Waals surface area contributed by atoms with Crippen molar-refractivity contribution in [1.82, 2.24) is 0 Å². The van der Waals surface area contributed by atoms with E-state index in [0.717, 1.165) is 42.5 Å². The lowest BCUT2D eigenvalue weighted by atomic mass is 10.3. The van der Waals surface area contributed by atoms with Crippen molar-refractivity contribution in [3.05, 3.63) is 96.0 Å². The largest absolute Gasteiger partial charge is 0.573 e. The number of nitrogens with zero attached hydrogens (tertiary/aromatic N) is 2. The summed E-state index contributed by atoms with van der Waals surface area (Å²) < 4.78 is 116. The van der Waals surface area contributed by atoms with Crippen LogP contribution >= 0.6 is 34.8 Å². The van der Waals surface area contributed by atoms with Gasteiger partial charge in [-0.25, -0.2) is 0 Å². The van der Waals surface area contributed by atoms with Gasteiger partial charge in [0.05, 0.1) is 15.9 Å². The molecule has 9 nitrogen and oxygen atoms in total. The Labute approximate surface area is 242 Å². The number of hydrogen-bond donors (Lipinski definition) is 0. The first-order chi connectivity index (χ1) is 19.1. The molecule has 3 aromatic carbocycles. The minimum Gasteiger partial charge on any atom is -0.406 e. The number of nitro benzene ring substituents is 2. The summed E-state index contributed by atoms with van der Waals surface area (Å²) in [6.45, 7) is 0. The first kappa shape index (κ1) is 36.1. The molecule has 230 valence electrons. The van der Waals surface area contributed by atoms with Crippen LogP contribution < -0.4 is 14.2 Å². The molecule has 0 bridgehead atoms. The van der Waals surface area contributed by atoms with E-state index in [2.05, 4.69) is 14.2 Å². The van der Waals surface area contributed by atoms with Crippen molar-refractivity contribution in [2.45, 2.75) is 19.1 Å². The average Bonchev–Trinajstić information content (AvgIpc) is 2.81. The summed E-state index contributed by atoms with van der Waals surface area (Å²) in [7, 11) is 0. The van der Waals surface area contributed by atoms with E-state index in [1.807, 2.05) is 0 Å². The monoisotopic (exact) mass is 678 g/mol. The van der Waals surface area contributed by atoms with Gasteiger partial charge in [-0.2, -0.15) is 0 Å². The summed E-state index contributed by atoms with van der Waals surface area (Å²) in [5.74, 6) is -1.84. The lowest BCUT2D eigenvalue weighted by Gasteiger charge is -2.08. The average molecular weight is 680 g/mol. The molecule has 0 aliphatic rings. The van der Waals surface area contributed by atoms with Gasteiger partial charge in [0.2, 0.25) is 5.75 Å². The number of halogens is 12. The van der Waals surface area contributed by atoms with Gasteiger partial charge >= 0.3 is 24.8 Å². The Hall–Kier alpha value is -3.90. The van der Waals surface area contributed by atoms with Gasteiger partial charge in [0.1, 0.15) is 16.5 Å². The normalized spacial score (nSPS) is 11.2. The number of benzene rings is 3. The molecule has 0 aliphatic heterocycles. The molecule has 0 aliphatic carbocycles. The SMILES string of the molecule is FC(F)(F)Oc1ccc(Cl)cc1.O=[N+]([O-])c1cc(Cl)ccc1OC(F)(F)F.O=[N+]([O-])c1cc(OC(F)(F)F)ccc1Cl. The van der Waals surface area contributed by atoms with Gasteiger partial charge in [0.15, 0.2) is 0 Å². The maximum absolute atomic E-state index is 11.8. The molecule has 3 aromatic rings. The number of hydrogen-bond acceptors (Lipinski definition) is 7. The van der Waals surface area contributed by atoms with E-state index >= 15 is 0 Å². The summed E-state index contributed by atoms with van der Waals surface area (Å²) in [6.07, 6.45) is -14.5. The summed E-state index contributed by atoms with van der Waals surface area (Å²) in [5.41, 5.74) is -1.47. The second kappa shape index (κ2) is 14.8. The van der Waals surface area contributed by atoms with Crippen molar-refractivity contribution in [3.63, 3.8) is 0 Å². The predicted molar refractivity (Wildman–Crippen MR) is 128 cm³/mol. The lowest BCUT2D eigenvalue weighted by molar-refractivity contribution is -0.388. The first-order valence-electron chi connectivity index (χ1n) is 9.97. The second-order valence-electron chi connectivity index (χ2n) is 6.84. The topological polar surface area (TPSA) is 114 Å². The lowest BCUT2D eigenvalue weighted by Crippen LogP contribution is -2.17. The molecule has 0 spiro atoms. The maximum Gasteiger partial charge on any atom is 0.573 e. The van der Waals surface area contributed by atoms with E-state index < -0.39 is 51.8 Å². The van der Waals surface area contributed by atoms with Gasteiger partial charge in [-0.3, -0.25) is 20.2 Å². The molecule has 0 saturated carbocycles. The van der Waals surface area contributed by atoms with Crippen molar-refractivity contribution in [3.8, 4) is 17.2 Å². The zero-order valence-electron chi connectivity index (χ0n) is 19.6. The number of rotatable bonds is 5. The van der Waals surface area contributed by atoms with Crippen LogP contribution in [-0.2, 0) is 0 Å². The van der Waals surface area contributed by atoms with Crippen LogP contribution in [0.3, 0.4) is 0 Å². The van der Waals surface area contributed by atoms with Crippen LogP contribution in [0, 0.1) is 20.2 Å². The maximum atomic E-state index is 11.8. The zero-order chi connectivity index (χ0) is 32.5. The van der Waals surface area contributed by atoms with Crippen LogP contribution in [0.2, 0.25) is 15.1 Å². The number of nitro groups is 2. The minimum atomic E-state index is -4.97. The van der Waals surface area contributed by atoms with E-state index in [-0.39, 0.29) is 15.8 Å². The highest BCUT2D eigenvalue weighted by molar-refractivity contribution is 6.32. The van der Waals surface area contributed by atoms with Crippen molar-refractivity contribution < 1.29 is 63.6 Å². The zero-order valence-corrected chi connectivity index (χ0v) is 21.8. The van der Waals surface area contributed by atoms with Crippen molar-refractivity contribution >= 4 is 46.2 Å². The van der Waals surface area contributed by atoms with Crippen LogP contribution in [-0.4, -0.2) is 28.9 Å². The Morgan fingerprint density at radius 2 is 0.976 bits per heavy atom. The van der Waals surface area contributed by atoms with Gasteiger partial charge in [-0.05, 0) is 48.5 Å². The van der Waals surface area contributed by atoms with Gasteiger partial charge in [-0.15, -0.1) is 39.5 Å².